The summed E-state index contributed by atoms with van der Waals surface area (Å²) in [6.07, 6.45) is 0. The van der Waals surface area contributed by atoms with Crippen LogP contribution in [0.2, 0.25) is 0 Å². The minimum atomic E-state index is 1.29. The Morgan fingerprint density at radius 2 is 1.78 bits per heavy atom. The van der Waals surface area contributed by atoms with Crippen LogP contribution in [0.1, 0.15) is 5.56 Å². The third-order valence-corrected chi connectivity index (χ3v) is 0.885. The minimum absolute atomic E-state index is 1.29. The van der Waals surface area contributed by atoms with Crippen LogP contribution < -0.4 is 0 Å². The van der Waals surface area contributed by atoms with Crippen molar-refractivity contribution in [1.29, 1.82) is 0 Å². The molecule has 2 heteroatoms. The van der Waals surface area contributed by atoms with E-state index in [1.807, 2.05) is 43.8 Å². The first-order chi connectivity index (χ1) is 4.39. The van der Waals surface area contributed by atoms with Crippen molar-refractivity contribution < 1.29 is 15.6 Å². The van der Waals surface area contributed by atoms with E-state index in [4.69, 9.17) is 0 Å². The zero-order valence-corrected chi connectivity index (χ0v) is 8.72. The van der Waals surface area contributed by atoms with E-state index in [1.54, 1.807) is 0 Å². The van der Waals surface area contributed by atoms with Gasteiger partial charge >= 0.3 is 35.1 Å². The van der Waals surface area contributed by atoms with Gasteiger partial charge in [-0.2, -0.15) is 35.9 Å². The van der Waals surface area contributed by atoms with Gasteiger partial charge in [0.2, 0.25) is 0 Å². The summed E-state index contributed by atoms with van der Waals surface area (Å²) >= 11 is 4.72. The molecule has 52 valence electrons. The summed E-state index contributed by atoms with van der Waals surface area (Å²) in [5.41, 5.74) is 1.29. The second-order valence-electron chi connectivity index (χ2n) is 1.58. The van der Waals surface area contributed by atoms with Crippen LogP contribution >= 0.6 is 19.5 Å². The summed E-state index contributed by atoms with van der Waals surface area (Å²) in [6, 6.07) is 10.8. The fraction of sp³-hybridized carbons (Fsp3) is 0.143. The predicted molar refractivity (Wildman–Crippen MR) is 44.0 cm³/mol. The number of rotatable bonds is 0. The summed E-state index contributed by atoms with van der Waals surface area (Å²) in [5.74, 6) is 0. The Balaban J connectivity index is 0.000000291. The van der Waals surface area contributed by atoms with E-state index in [0.717, 1.165) is 0 Å². The molecule has 0 aliphatic rings. The van der Waals surface area contributed by atoms with Crippen LogP contribution in [0.25, 0.3) is 0 Å². The zero-order chi connectivity index (χ0) is 7.11. The molecular weight excluding hydrogens is 317 g/mol. The standard InChI is InChI=1S/C7H7.HI.Pd/c1-7-5-3-2-4-6-7;;/h3-6H,1H3;1H;/q-1;;+2/p-1. The predicted octanol–water partition coefficient (Wildman–Crippen LogP) is 2.68. The molecule has 0 nitrogen and oxygen atoms in total. The average molecular weight is 324 g/mol. The molecule has 0 saturated carbocycles. The van der Waals surface area contributed by atoms with Gasteiger partial charge in [0, 0.05) is 0 Å². The molecule has 0 N–H and O–H groups in total. The van der Waals surface area contributed by atoms with Crippen molar-refractivity contribution >= 4 is 19.5 Å². The van der Waals surface area contributed by atoms with Crippen LogP contribution in [-0.2, 0) is 15.6 Å². The number of benzene rings is 1. The molecule has 0 amide bonds. The van der Waals surface area contributed by atoms with Crippen LogP contribution in [0.15, 0.2) is 24.3 Å². The fourth-order valence-corrected chi connectivity index (χ4v) is 0.470. The molecule has 0 heterocycles. The van der Waals surface area contributed by atoms with Crippen LogP contribution in [0.4, 0.5) is 0 Å². The molecule has 0 aliphatic carbocycles. The quantitative estimate of drug-likeness (QED) is 0.391. The van der Waals surface area contributed by atoms with Crippen LogP contribution in [-0.4, -0.2) is 0 Å². The van der Waals surface area contributed by atoms with E-state index in [2.05, 4.69) is 28.6 Å². The van der Waals surface area contributed by atoms with E-state index in [9.17, 15) is 0 Å². The normalized spacial score (nSPS) is 7.56. The van der Waals surface area contributed by atoms with Gasteiger partial charge in [-0.3, -0.25) is 0 Å². The molecule has 0 atom stereocenters. The van der Waals surface area contributed by atoms with Crippen molar-refractivity contribution in [3.63, 3.8) is 0 Å². The second kappa shape index (κ2) is 6.73. The van der Waals surface area contributed by atoms with Crippen molar-refractivity contribution in [2.24, 2.45) is 0 Å². The molecule has 0 fully saturated rings. The third-order valence-electron chi connectivity index (χ3n) is 0.885. The van der Waals surface area contributed by atoms with Gasteiger partial charge in [0.1, 0.15) is 0 Å². The van der Waals surface area contributed by atoms with Gasteiger partial charge in [-0.1, -0.05) is 6.92 Å². The van der Waals surface area contributed by atoms with E-state index < -0.39 is 0 Å². The van der Waals surface area contributed by atoms with Crippen molar-refractivity contribution in [2.75, 3.05) is 0 Å². The van der Waals surface area contributed by atoms with Gasteiger partial charge in [-0.25, -0.2) is 0 Å². The first kappa shape index (κ1) is 9.61. The SMILES string of the molecule is Cc1cc[c-]cc1.[Pd+][I]. The van der Waals surface area contributed by atoms with E-state index in [0.29, 0.717) is 0 Å². The summed E-state index contributed by atoms with van der Waals surface area (Å²) < 4.78 is 0. The Kier molecular flexibility index (Phi) is 7.19. The molecule has 1 rings (SSSR count). The maximum absolute atomic E-state index is 2.93. The average Bonchev–Trinajstić information content (AvgIpc) is 1.94. The topological polar surface area (TPSA) is 0 Å². The molecule has 1 aromatic carbocycles. The first-order valence-electron chi connectivity index (χ1n) is 2.44. The van der Waals surface area contributed by atoms with E-state index >= 15 is 0 Å². The number of aryl methyl sites for hydroxylation is 1. The van der Waals surface area contributed by atoms with Crippen molar-refractivity contribution in [1.82, 2.24) is 0 Å². The summed E-state index contributed by atoms with van der Waals surface area (Å²) in [6.45, 7) is 2.06. The van der Waals surface area contributed by atoms with Gasteiger partial charge in [-0.15, -0.1) is 0 Å². The van der Waals surface area contributed by atoms with Gasteiger partial charge < -0.3 is 0 Å². The Bertz CT molecular complexity index is 139. The Labute approximate surface area is 77.4 Å². The van der Waals surface area contributed by atoms with Crippen molar-refractivity contribution in [3.05, 3.63) is 35.9 Å². The summed E-state index contributed by atoms with van der Waals surface area (Å²) in [5, 5.41) is 0. The monoisotopic (exact) mass is 324 g/mol. The number of hydrogen-bond donors (Lipinski definition) is 0. The molecule has 0 spiro atoms. The Morgan fingerprint density at radius 1 is 1.33 bits per heavy atom. The third kappa shape index (κ3) is 5.08. The maximum atomic E-state index is 2.93. The summed E-state index contributed by atoms with van der Waals surface area (Å²) in [7, 11) is 0. The molecule has 0 unspecified atom stereocenters. The van der Waals surface area contributed by atoms with E-state index in [1.165, 1.54) is 5.56 Å². The van der Waals surface area contributed by atoms with Crippen molar-refractivity contribution in [3.8, 4) is 0 Å². The van der Waals surface area contributed by atoms with Gasteiger partial charge in [-0.05, 0) is 0 Å². The molecule has 0 aliphatic heterocycles. The molecule has 0 saturated heterocycles. The van der Waals surface area contributed by atoms with Gasteiger partial charge in [0.25, 0.3) is 0 Å². The second-order valence-corrected chi connectivity index (χ2v) is 1.58. The number of halogens is 1. The Hall–Kier alpha value is 0.612. The molecule has 0 radical (unpaired) electrons. The van der Waals surface area contributed by atoms with Gasteiger partial charge in [0.05, 0.1) is 0 Å². The van der Waals surface area contributed by atoms with Gasteiger partial charge in [0.15, 0.2) is 0 Å². The Morgan fingerprint density at radius 3 is 2.00 bits per heavy atom. The van der Waals surface area contributed by atoms with E-state index in [-0.39, 0.29) is 0 Å². The van der Waals surface area contributed by atoms with Crippen LogP contribution in [0.3, 0.4) is 0 Å². The number of hydrogen-bond acceptors (Lipinski definition) is 0. The van der Waals surface area contributed by atoms with Crippen molar-refractivity contribution in [2.45, 2.75) is 6.92 Å². The zero-order valence-electron chi connectivity index (χ0n) is 5.00. The molecule has 0 aromatic heterocycles. The molecule has 9 heavy (non-hydrogen) atoms. The molecule has 0 bridgehead atoms. The first-order valence-corrected chi connectivity index (χ1v) is 7.06. The molecular formula is C7H7IPd. The fourth-order valence-electron chi connectivity index (χ4n) is 0.470. The molecule has 1 aromatic rings. The van der Waals surface area contributed by atoms with Crippen LogP contribution in [0, 0.1) is 13.0 Å². The van der Waals surface area contributed by atoms with Crippen LogP contribution in [0.5, 0.6) is 0 Å². The summed E-state index contributed by atoms with van der Waals surface area (Å²) in [4.78, 5) is 0.